The van der Waals surface area contributed by atoms with E-state index in [9.17, 15) is 18.0 Å². The predicted molar refractivity (Wildman–Crippen MR) is 108 cm³/mol. The van der Waals surface area contributed by atoms with Crippen molar-refractivity contribution in [2.45, 2.75) is 45.8 Å². The van der Waals surface area contributed by atoms with E-state index in [4.69, 9.17) is 14.4 Å². The molecular formula is C21H26F3N3O4. The van der Waals surface area contributed by atoms with Gasteiger partial charge in [0.25, 0.3) is 5.91 Å². The van der Waals surface area contributed by atoms with Gasteiger partial charge in [0.05, 0.1) is 5.69 Å². The Hall–Kier alpha value is -3.04. The van der Waals surface area contributed by atoms with Crippen LogP contribution in [-0.4, -0.2) is 58.9 Å². The lowest BCUT2D eigenvalue weighted by molar-refractivity contribution is -0.192. The second kappa shape index (κ2) is 9.84. The summed E-state index contributed by atoms with van der Waals surface area (Å²) in [5.74, 6) is -2.22. The molecule has 10 heteroatoms. The molecule has 2 heterocycles. The molecule has 2 aromatic rings. The summed E-state index contributed by atoms with van der Waals surface area (Å²) in [7, 11) is 0. The van der Waals surface area contributed by atoms with Crippen LogP contribution in [0.15, 0.2) is 34.9 Å². The first kappa shape index (κ1) is 24.2. The van der Waals surface area contributed by atoms with Gasteiger partial charge in [0.1, 0.15) is 0 Å². The highest BCUT2D eigenvalue weighted by Crippen LogP contribution is 2.24. The molecule has 0 bridgehead atoms. The van der Waals surface area contributed by atoms with Gasteiger partial charge in [-0.25, -0.2) is 4.79 Å². The fourth-order valence-corrected chi connectivity index (χ4v) is 3.20. The van der Waals surface area contributed by atoms with Crippen LogP contribution in [-0.2, 0) is 4.79 Å². The van der Waals surface area contributed by atoms with Crippen molar-refractivity contribution in [3.05, 3.63) is 47.3 Å². The number of aliphatic carboxylic acids is 1. The van der Waals surface area contributed by atoms with Gasteiger partial charge in [-0.15, -0.1) is 0 Å². The normalized spacial score (nSPS) is 16.7. The minimum atomic E-state index is -5.08. The molecule has 0 radical (unpaired) electrons. The molecule has 170 valence electrons. The van der Waals surface area contributed by atoms with Gasteiger partial charge in [-0.1, -0.05) is 37.2 Å². The molecule has 1 saturated heterocycles. The minimum Gasteiger partial charge on any atom is -0.475 e. The monoisotopic (exact) mass is 441 g/mol. The van der Waals surface area contributed by atoms with Crippen molar-refractivity contribution in [2.24, 2.45) is 0 Å². The summed E-state index contributed by atoms with van der Waals surface area (Å²) in [6, 6.07) is 10.3. The molecule has 1 N–H and O–H groups in total. The van der Waals surface area contributed by atoms with Gasteiger partial charge in [0.2, 0.25) is 5.76 Å². The van der Waals surface area contributed by atoms with Crippen molar-refractivity contribution >= 4 is 17.6 Å². The largest absolute Gasteiger partial charge is 0.490 e. The van der Waals surface area contributed by atoms with Crippen molar-refractivity contribution < 1.29 is 32.4 Å². The Bertz CT molecular complexity index is 911. The standard InChI is InChI=1S/C19H25N3O2.C2HF3O2/c1-13(2)16-11-18(24-20-16)19(23)22-10-9-21(12-15(22)4)17-8-6-5-7-14(17)3;3-2(4,5)1(6)7/h5-8,11,13,15H,9-10,12H2,1-4H3;(H,6,7). The number of carbonyl (C=O) groups excluding carboxylic acids is 1. The van der Waals surface area contributed by atoms with Gasteiger partial charge in [-0.3, -0.25) is 4.79 Å². The van der Waals surface area contributed by atoms with E-state index in [-0.39, 0.29) is 17.9 Å². The number of hydrogen-bond acceptors (Lipinski definition) is 5. The Morgan fingerprint density at radius 1 is 1.23 bits per heavy atom. The zero-order valence-electron chi connectivity index (χ0n) is 17.8. The van der Waals surface area contributed by atoms with Crippen molar-refractivity contribution in [2.75, 3.05) is 24.5 Å². The number of carbonyl (C=O) groups is 2. The number of carboxylic acids is 1. The molecular weight excluding hydrogens is 415 g/mol. The Morgan fingerprint density at radius 3 is 2.32 bits per heavy atom. The molecule has 1 aromatic heterocycles. The fourth-order valence-electron chi connectivity index (χ4n) is 3.20. The second-order valence-corrected chi connectivity index (χ2v) is 7.65. The van der Waals surface area contributed by atoms with E-state index in [1.54, 1.807) is 6.07 Å². The number of carboxylic acid groups (broad SMARTS) is 1. The first-order valence-corrected chi connectivity index (χ1v) is 9.80. The average Bonchev–Trinajstić information content (AvgIpc) is 3.18. The van der Waals surface area contributed by atoms with E-state index in [1.165, 1.54) is 11.3 Å². The molecule has 1 unspecified atom stereocenters. The van der Waals surface area contributed by atoms with Crippen LogP contribution in [0.5, 0.6) is 0 Å². The Balaban J connectivity index is 0.000000423. The number of nitrogens with zero attached hydrogens (tertiary/aromatic N) is 3. The number of aryl methyl sites for hydroxylation is 1. The van der Waals surface area contributed by atoms with Gasteiger partial charge < -0.3 is 19.4 Å². The first-order valence-electron chi connectivity index (χ1n) is 9.80. The lowest BCUT2D eigenvalue weighted by Gasteiger charge is -2.41. The smallest absolute Gasteiger partial charge is 0.475 e. The maximum atomic E-state index is 12.7. The number of amides is 1. The number of aromatic nitrogens is 1. The second-order valence-electron chi connectivity index (χ2n) is 7.65. The van der Waals surface area contributed by atoms with Crippen LogP contribution in [0.2, 0.25) is 0 Å². The van der Waals surface area contributed by atoms with Crippen LogP contribution < -0.4 is 4.90 Å². The van der Waals surface area contributed by atoms with Gasteiger partial charge in [0.15, 0.2) is 0 Å². The zero-order chi connectivity index (χ0) is 23.3. The summed E-state index contributed by atoms with van der Waals surface area (Å²) in [6.07, 6.45) is -5.08. The van der Waals surface area contributed by atoms with Crippen LogP contribution in [0.1, 0.15) is 48.5 Å². The van der Waals surface area contributed by atoms with Crippen molar-refractivity contribution in [3.63, 3.8) is 0 Å². The van der Waals surface area contributed by atoms with Gasteiger partial charge in [0, 0.05) is 37.4 Å². The topological polar surface area (TPSA) is 86.9 Å². The first-order chi connectivity index (χ1) is 14.4. The van der Waals surface area contributed by atoms with E-state index in [2.05, 4.69) is 48.2 Å². The average molecular weight is 441 g/mol. The molecule has 0 aliphatic carbocycles. The Kier molecular flexibility index (Phi) is 7.70. The predicted octanol–water partition coefficient (Wildman–Crippen LogP) is 4.09. The molecule has 1 aliphatic rings. The van der Waals surface area contributed by atoms with E-state index in [0.717, 1.165) is 18.8 Å². The number of rotatable bonds is 3. The molecule has 7 nitrogen and oxygen atoms in total. The third-order valence-electron chi connectivity index (χ3n) is 4.92. The van der Waals surface area contributed by atoms with Gasteiger partial charge >= 0.3 is 12.1 Å². The van der Waals surface area contributed by atoms with Crippen LogP contribution >= 0.6 is 0 Å². The van der Waals surface area contributed by atoms with Gasteiger partial charge in [-0.2, -0.15) is 13.2 Å². The van der Waals surface area contributed by atoms with Crippen molar-refractivity contribution in [1.82, 2.24) is 10.1 Å². The number of benzene rings is 1. The summed E-state index contributed by atoms with van der Waals surface area (Å²) >= 11 is 0. The summed E-state index contributed by atoms with van der Waals surface area (Å²) < 4.78 is 37.0. The number of halogens is 3. The van der Waals surface area contributed by atoms with Gasteiger partial charge in [-0.05, 0) is 31.4 Å². The van der Waals surface area contributed by atoms with E-state index in [0.29, 0.717) is 12.3 Å². The molecule has 1 amide bonds. The SMILES string of the molecule is Cc1ccccc1N1CCN(C(=O)c2cc(C(C)C)no2)C(C)C1.O=C(O)C(F)(F)F. The third kappa shape index (κ3) is 6.22. The highest BCUT2D eigenvalue weighted by Gasteiger charge is 2.38. The van der Waals surface area contributed by atoms with Crippen LogP contribution in [0, 0.1) is 6.92 Å². The van der Waals surface area contributed by atoms with Crippen molar-refractivity contribution in [1.29, 1.82) is 0 Å². The summed E-state index contributed by atoms with van der Waals surface area (Å²) in [4.78, 5) is 25.9. The lowest BCUT2D eigenvalue weighted by atomic mass is 10.1. The lowest BCUT2D eigenvalue weighted by Crippen LogP contribution is -2.54. The van der Waals surface area contributed by atoms with Crippen LogP contribution in [0.4, 0.5) is 18.9 Å². The third-order valence-corrected chi connectivity index (χ3v) is 4.92. The summed E-state index contributed by atoms with van der Waals surface area (Å²) in [5.41, 5.74) is 3.34. The summed E-state index contributed by atoms with van der Waals surface area (Å²) in [5, 5.41) is 11.1. The maximum absolute atomic E-state index is 12.7. The van der Waals surface area contributed by atoms with Crippen LogP contribution in [0.25, 0.3) is 0 Å². The van der Waals surface area contributed by atoms with Crippen molar-refractivity contribution in [3.8, 4) is 0 Å². The van der Waals surface area contributed by atoms with Crippen LogP contribution in [0.3, 0.4) is 0 Å². The fraction of sp³-hybridized carbons (Fsp3) is 0.476. The summed E-state index contributed by atoms with van der Waals surface area (Å²) in [6.45, 7) is 10.6. The molecule has 1 aromatic carbocycles. The van der Waals surface area contributed by atoms with E-state index < -0.39 is 12.1 Å². The van der Waals surface area contributed by atoms with E-state index in [1.807, 2.05) is 18.7 Å². The number of alkyl halides is 3. The number of anilines is 1. The quantitative estimate of drug-likeness (QED) is 0.772. The number of para-hydroxylation sites is 1. The van der Waals surface area contributed by atoms with E-state index >= 15 is 0 Å². The Morgan fingerprint density at radius 2 is 1.84 bits per heavy atom. The number of piperazine rings is 1. The molecule has 1 aliphatic heterocycles. The Labute approximate surface area is 178 Å². The molecule has 31 heavy (non-hydrogen) atoms. The molecule has 1 atom stereocenters. The highest BCUT2D eigenvalue weighted by atomic mass is 19.4. The zero-order valence-corrected chi connectivity index (χ0v) is 17.8. The maximum Gasteiger partial charge on any atom is 0.490 e. The molecule has 0 saturated carbocycles. The number of hydrogen-bond donors (Lipinski definition) is 1. The minimum absolute atomic E-state index is 0.0636. The molecule has 3 rings (SSSR count). The highest BCUT2D eigenvalue weighted by molar-refractivity contribution is 5.92. The molecule has 0 spiro atoms. The molecule has 1 fully saturated rings.